The molecule has 0 N–H and O–H groups in total. The second-order valence-corrected chi connectivity index (χ2v) is 3.41. The van der Waals surface area contributed by atoms with Crippen LogP contribution in [0.3, 0.4) is 0 Å². The van der Waals surface area contributed by atoms with Crippen LogP contribution in [0.25, 0.3) is 0 Å². The van der Waals surface area contributed by atoms with Crippen molar-refractivity contribution in [1.29, 1.82) is 0 Å². The van der Waals surface area contributed by atoms with Crippen molar-refractivity contribution < 1.29 is 18.7 Å². The number of halogens is 1. The van der Waals surface area contributed by atoms with Crippen molar-refractivity contribution >= 4 is 12.3 Å². The molecule has 0 spiro atoms. The normalized spacial score (nSPS) is 11.9. The predicted molar refractivity (Wildman–Crippen MR) is 56.5 cm³/mol. The number of rotatable bonds is 5. The molecule has 1 aromatic carbocycles. The highest BCUT2D eigenvalue weighted by atomic mass is 19.1. The Morgan fingerprint density at radius 1 is 1.50 bits per heavy atom. The van der Waals surface area contributed by atoms with Crippen molar-refractivity contribution in [3.8, 4) is 5.75 Å². The quantitative estimate of drug-likeness (QED) is 0.438. The molecule has 1 rings (SSSR count). The van der Waals surface area contributed by atoms with Gasteiger partial charge in [-0.25, -0.2) is 4.39 Å². The van der Waals surface area contributed by atoms with Crippen LogP contribution in [0, 0.1) is 11.7 Å². The van der Waals surface area contributed by atoms with Gasteiger partial charge in [0.25, 0.3) is 0 Å². The second kappa shape index (κ2) is 6.00. The van der Waals surface area contributed by atoms with Gasteiger partial charge in [0.15, 0.2) is 11.6 Å². The van der Waals surface area contributed by atoms with Crippen molar-refractivity contribution in [1.82, 2.24) is 0 Å². The van der Waals surface area contributed by atoms with Gasteiger partial charge in [-0.15, -0.1) is 0 Å². The third kappa shape index (κ3) is 3.46. The number of benzene rings is 1. The van der Waals surface area contributed by atoms with E-state index in [2.05, 4.69) is 0 Å². The van der Waals surface area contributed by atoms with Crippen LogP contribution in [-0.4, -0.2) is 12.3 Å². The number of hydrogen-bond acceptors (Lipinski definition) is 3. The van der Waals surface area contributed by atoms with Crippen LogP contribution >= 0.6 is 0 Å². The summed E-state index contributed by atoms with van der Waals surface area (Å²) < 4.78 is 17.9. The Labute approximate surface area is 93.2 Å². The maximum atomic E-state index is 13.1. The molecule has 3 nitrogen and oxygen atoms in total. The third-order valence-corrected chi connectivity index (χ3v) is 2.21. The van der Waals surface area contributed by atoms with Gasteiger partial charge in [0.1, 0.15) is 6.29 Å². The minimum Gasteiger partial charge on any atom is -0.423 e. The molecule has 0 saturated carbocycles. The molecule has 1 unspecified atom stereocenters. The molecule has 16 heavy (non-hydrogen) atoms. The highest BCUT2D eigenvalue weighted by Gasteiger charge is 2.14. The van der Waals surface area contributed by atoms with E-state index in [0.29, 0.717) is 12.7 Å². The van der Waals surface area contributed by atoms with Crippen molar-refractivity contribution in [2.24, 2.45) is 5.92 Å². The fraction of sp³-hybridized carbons (Fsp3) is 0.333. The molecule has 0 aromatic heterocycles. The van der Waals surface area contributed by atoms with Gasteiger partial charge in [0.2, 0.25) is 0 Å². The lowest BCUT2D eigenvalue weighted by molar-refractivity contribution is -0.136. The lowest BCUT2D eigenvalue weighted by atomic mass is 10.1. The van der Waals surface area contributed by atoms with E-state index in [1.54, 1.807) is 13.0 Å². The average Bonchev–Trinajstić information content (AvgIpc) is 2.29. The number of para-hydroxylation sites is 1. The van der Waals surface area contributed by atoms with Gasteiger partial charge in [0, 0.05) is 5.92 Å². The number of ether oxygens (including phenoxy) is 1. The van der Waals surface area contributed by atoms with Crippen LogP contribution in [0.2, 0.25) is 0 Å². The number of hydrogen-bond donors (Lipinski definition) is 0. The molecule has 0 heterocycles. The number of carbonyl (C=O) groups excluding carboxylic acids is 2. The van der Waals surface area contributed by atoms with E-state index >= 15 is 0 Å². The topological polar surface area (TPSA) is 43.4 Å². The van der Waals surface area contributed by atoms with Crippen molar-refractivity contribution in [3.63, 3.8) is 0 Å². The fourth-order valence-electron chi connectivity index (χ4n) is 1.19. The fourth-order valence-corrected chi connectivity index (χ4v) is 1.19. The maximum absolute atomic E-state index is 13.1. The molecular formula is C12H13FO3. The number of aldehydes is 1. The summed E-state index contributed by atoms with van der Waals surface area (Å²) in [5.74, 6) is -1.65. The van der Waals surface area contributed by atoms with E-state index in [4.69, 9.17) is 4.74 Å². The minimum absolute atomic E-state index is 0.0195. The Kier molecular flexibility index (Phi) is 4.64. The first-order valence-electron chi connectivity index (χ1n) is 5.07. The average molecular weight is 224 g/mol. The lowest BCUT2D eigenvalue weighted by Crippen LogP contribution is -2.15. The minimum atomic E-state index is -0.593. The van der Waals surface area contributed by atoms with Crippen LogP contribution in [0.5, 0.6) is 5.75 Å². The molecule has 0 aliphatic rings. The Morgan fingerprint density at radius 3 is 2.75 bits per heavy atom. The summed E-state index contributed by atoms with van der Waals surface area (Å²) in [6, 6.07) is 5.66. The Morgan fingerprint density at radius 2 is 2.19 bits per heavy atom. The Hall–Kier alpha value is -1.71. The SMILES string of the molecule is CCC(C=O)CC(=O)Oc1ccccc1F. The summed E-state index contributed by atoms with van der Waals surface area (Å²) in [7, 11) is 0. The molecule has 0 bridgehead atoms. The summed E-state index contributed by atoms with van der Waals surface area (Å²) in [5.41, 5.74) is 0. The molecule has 0 aliphatic carbocycles. The molecule has 0 radical (unpaired) electrons. The number of esters is 1. The van der Waals surface area contributed by atoms with Gasteiger partial charge in [-0.1, -0.05) is 19.1 Å². The van der Waals surface area contributed by atoms with Gasteiger partial charge in [-0.3, -0.25) is 4.79 Å². The summed E-state index contributed by atoms with van der Waals surface area (Å²) in [6.07, 6.45) is 1.26. The van der Waals surface area contributed by atoms with E-state index in [9.17, 15) is 14.0 Å². The summed E-state index contributed by atoms with van der Waals surface area (Å²) in [6.45, 7) is 1.80. The molecule has 4 heteroatoms. The first-order valence-corrected chi connectivity index (χ1v) is 5.07. The predicted octanol–water partition coefficient (Wildman–Crippen LogP) is 2.35. The lowest BCUT2D eigenvalue weighted by Gasteiger charge is -2.07. The first kappa shape index (κ1) is 12.4. The van der Waals surface area contributed by atoms with Crippen LogP contribution in [0.15, 0.2) is 24.3 Å². The third-order valence-electron chi connectivity index (χ3n) is 2.21. The molecule has 0 saturated heterocycles. The Bertz CT molecular complexity index is 376. The van der Waals surface area contributed by atoms with Gasteiger partial charge < -0.3 is 9.53 Å². The van der Waals surface area contributed by atoms with Gasteiger partial charge in [-0.2, -0.15) is 0 Å². The zero-order valence-electron chi connectivity index (χ0n) is 8.98. The highest BCUT2D eigenvalue weighted by Crippen LogP contribution is 2.17. The van der Waals surface area contributed by atoms with Gasteiger partial charge in [-0.05, 0) is 18.6 Å². The molecule has 0 amide bonds. The molecule has 0 aliphatic heterocycles. The molecule has 1 atom stereocenters. The van der Waals surface area contributed by atoms with Crippen LogP contribution in [0.1, 0.15) is 19.8 Å². The van der Waals surface area contributed by atoms with E-state index < -0.39 is 11.8 Å². The monoisotopic (exact) mass is 224 g/mol. The van der Waals surface area contributed by atoms with Crippen molar-refractivity contribution in [3.05, 3.63) is 30.1 Å². The van der Waals surface area contributed by atoms with Crippen molar-refractivity contribution in [2.45, 2.75) is 19.8 Å². The zero-order chi connectivity index (χ0) is 12.0. The van der Waals surface area contributed by atoms with Crippen molar-refractivity contribution in [2.75, 3.05) is 0 Å². The molecule has 0 fully saturated rings. The summed E-state index contributed by atoms with van der Waals surface area (Å²) in [5, 5.41) is 0. The standard InChI is InChI=1S/C12H13FO3/c1-2-9(8-14)7-12(15)16-11-6-4-3-5-10(11)13/h3-6,8-9H,2,7H2,1H3. The van der Waals surface area contributed by atoms with Crippen LogP contribution in [0.4, 0.5) is 4.39 Å². The van der Waals surface area contributed by atoms with E-state index in [1.165, 1.54) is 18.2 Å². The first-order chi connectivity index (χ1) is 7.67. The second-order valence-electron chi connectivity index (χ2n) is 3.41. The van der Waals surface area contributed by atoms with E-state index in [1.807, 2.05) is 0 Å². The van der Waals surface area contributed by atoms with Gasteiger partial charge >= 0.3 is 5.97 Å². The van der Waals surface area contributed by atoms with Crippen LogP contribution < -0.4 is 4.74 Å². The molecule has 86 valence electrons. The largest absolute Gasteiger partial charge is 0.423 e. The van der Waals surface area contributed by atoms with Crippen LogP contribution in [-0.2, 0) is 9.59 Å². The Balaban J connectivity index is 2.58. The number of carbonyl (C=O) groups is 2. The zero-order valence-corrected chi connectivity index (χ0v) is 8.98. The van der Waals surface area contributed by atoms with Gasteiger partial charge in [0.05, 0.1) is 6.42 Å². The van der Waals surface area contributed by atoms with E-state index in [0.717, 1.165) is 0 Å². The summed E-state index contributed by atoms with van der Waals surface area (Å²) >= 11 is 0. The smallest absolute Gasteiger partial charge is 0.312 e. The summed E-state index contributed by atoms with van der Waals surface area (Å²) in [4.78, 5) is 21.9. The molecule has 1 aromatic rings. The van der Waals surface area contributed by atoms with E-state index in [-0.39, 0.29) is 18.1 Å². The highest BCUT2D eigenvalue weighted by molar-refractivity contribution is 5.75. The molecular weight excluding hydrogens is 211 g/mol. The maximum Gasteiger partial charge on any atom is 0.312 e.